The van der Waals surface area contributed by atoms with Crippen molar-refractivity contribution in [2.45, 2.75) is 58.7 Å². The van der Waals surface area contributed by atoms with E-state index in [2.05, 4.69) is 6.92 Å². The van der Waals surface area contributed by atoms with Gasteiger partial charge < -0.3 is 10.0 Å². The molecule has 4 heteroatoms. The summed E-state index contributed by atoms with van der Waals surface area (Å²) in [6.45, 7) is 10.5. The van der Waals surface area contributed by atoms with Crippen LogP contribution < -0.4 is 4.90 Å². The van der Waals surface area contributed by atoms with Crippen LogP contribution in [0.2, 0.25) is 0 Å². The van der Waals surface area contributed by atoms with Gasteiger partial charge in [0, 0.05) is 24.2 Å². The van der Waals surface area contributed by atoms with Crippen molar-refractivity contribution < 1.29 is 9.90 Å². The Kier molecular flexibility index (Phi) is 4.02. The fourth-order valence-corrected chi connectivity index (χ4v) is 3.28. The first-order valence-electron chi connectivity index (χ1n) is 7.60. The van der Waals surface area contributed by atoms with Crippen molar-refractivity contribution in [1.82, 2.24) is 4.90 Å². The normalized spacial score (nSPS) is 25.3. The van der Waals surface area contributed by atoms with E-state index in [1.54, 1.807) is 6.92 Å². The lowest BCUT2D eigenvalue weighted by molar-refractivity contribution is -0.0252. The molecule has 2 rings (SSSR count). The number of aryl methyl sites for hydroxylation is 1. The molecule has 0 radical (unpaired) electrons. The van der Waals surface area contributed by atoms with E-state index in [4.69, 9.17) is 0 Å². The van der Waals surface area contributed by atoms with Gasteiger partial charge in [-0.15, -0.1) is 0 Å². The Morgan fingerprint density at radius 2 is 1.76 bits per heavy atom. The molecule has 1 fully saturated rings. The summed E-state index contributed by atoms with van der Waals surface area (Å²) in [5.41, 5.74) is 0.346. The molecule has 0 saturated carbocycles. The zero-order chi connectivity index (χ0) is 15.8. The minimum atomic E-state index is -1.18. The maximum atomic E-state index is 12.9. The summed E-state index contributed by atoms with van der Waals surface area (Å²) in [5, 5.41) is 10.8. The van der Waals surface area contributed by atoms with E-state index < -0.39 is 5.72 Å². The van der Waals surface area contributed by atoms with Crippen molar-refractivity contribution >= 4 is 11.7 Å². The van der Waals surface area contributed by atoms with E-state index in [9.17, 15) is 9.90 Å². The van der Waals surface area contributed by atoms with Crippen molar-refractivity contribution in [2.24, 2.45) is 0 Å². The molecule has 0 unspecified atom stereocenters. The number of carbonyl (C=O) groups is 1. The highest BCUT2D eigenvalue weighted by Gasteiger charge is 2.49. The highest BCUT2D eigenvalue weighted by Crippen LogP contribution is 2.38. The molecule has 116 valence electrons. The molecular weight excluding hydrogens is 264 g/mol. The van der Waals surface area contributed by atoms with E-state index in [1.807, 2.05) is 49.9 Å². The zero-order valence-electron chi connectivity index (χ0n) is 13.7. The molecule has 1 atom stereocenters. The van der Waals surface area contributed by atoms with Crippen LogP contribution in [0.1, 0.15) is 46.1 Å². The van der Waals surface area contributed by atoms with Crippen LogP contribution in [-0.4, -0.2) is 33.8 Å². The number of benzene rings is 1. The first-order chi connectivity index (χ1) is 9.69. The molecule has 1 aromatic rings. The Labute approximate surface area is 127 Å². The number of hydrogen-bond donors (Lipinski definition) is 1. The summed E-state index contributed by atoms with van der Waals surface area (Å²) in [6, 6.07) is 7.58. The van der Waals surface area contributed by atoms with Gasteiger partial charge in [0.25, 0.3) is 0 Å². The molecule has 1 aliphatic heterocycles. The number of nitrogens with zero attached hydrogens (tertiary/aromatic N) is 2. The molecule has 21 heavy (non-hydrogen) atoms. The Morgan fingerprint density at radius 1 is 1.19 bits per heavy atom. The van der Waals surface area contributed by atoms with Gasteiger partial charge in [0.2, 0.25) is 0 Å². The largest absolute Gasteiger partial charge is 0.371 e. The molecule has 1 aliphatic rings. The first-order valence-corrected chi connectivity index (χ1v) is 7.60. The van der Waals surface area contributed by atoms with Crippen LogP contribution in [0.25, 0.3) is 0 Å². The Hall–Kier alpha value is -1.55. The van der Waals surface area contributed by atoms with Gasteiger partial charge in [-0.1, -0.05) is 24.6 Å². The number of rotatable bonds is 3. The van der Waals surface area contributed by atoms with E-state index >= 15 is 0 Å². The van der Waals surface area contributed by atoms with Crippen LogP contribution in [0, 0.1) is 6.92 Å². The third-order valence-electron chi connectivity index (χ3n) is 4.14. The van der Waals surface area contributed by atoms with Crippen LogP contribution in [0.4, 0.5) is 10.5 Å². The van der Waals surface area contributed by atoms with E-state index in [0.29, 0.717) is 13.0 Å². The van der Waals surface area contributed by atoms with Crippen molar-refractivity contribution in [1.29, 1.82) is 0 Å². The number of urea groups is 1. The highest BCUT2D eigenvalue weighted by atomic mass is 16.3. The molecule has 4 nitrogen and oxygen atoms in total. The predicted octanol–water partition coefficient (Wildman–Crippen LogP) is 3.52. The third kappa shape index (κ3) is 2.91. The molecule has 1 saturated heterocycles. The van der Waals surface area contributed by atoms with Gasteiger partial charge >= 0.3 is 6.03 Å². The smallest absolute Gasteiger partial charge is 0.327 e. The Bertz CT molecular complexity index is 520. The number of amides is 2. The topological polar surface area (TPSA) is 43.8 Å². The molecule has 0 bridgehead atoms. The maximum Gasteiger partial charge on any atom is 0.327 e. The summed E-state index contributed by atoms with van der Waals surface area (Å²) in [4.78, 5) is 16.3. The minimum Gasteiger partial charge on any atom is -0.371 e. The second-order valence-electron chi connectivity index (χ2n) is 6.81. The van der Waals surface area contributed by atoms with Crippen LogP contribution in [0.15, 0.2) is 24.3 Å². The third-order valence-corrected chi connectivity index (χ3v) is 4.14. The van der Waals surface area contributed by atoms with Crippen LogP contribution >= 0.6 is 0 Å². The van der Waals surface area contributed by atoms with Gasteiger partial charge in [-0.05, 0) is 46.2 Å². The highest BCUT2D eigenvalue weighted by molar-refractivity contribution is 5.94. The fraction of sp³-hybridized carbons (Fsp3) is 0.588. The second kappa shape index (κ2) is 5.34. The molecule has 1 aromatic carbocycles. The molecule has 2 amide bonds. The molecular formula is C17H26N2O2. The lowest BCUT2D eigenvalue weighted by Crippen LogP contribution is -2.68. The minimum absolute atomic E-state index is 0.123. The number of hydrogen-bond acceptors (Lipinski definition) is 2. The van der Waals surface area contributed by atoms with Gasteiger partial charge in [-0.2, -0.15) is 0 Å². The lowest BCUT2D eigenvalue weighted by atomic mass is 9.87. The van der Waals surface area contributed by atoms with Gasteiger partial charge in [0.05, 0.1) is 0 Å². The van der Waals surface area contributed by atoms with E-state index in [-0.39, 0.29) is 11.6 Å². The molecule has 0 aromatic heterocycles. The molecule has 0 spiro atoms. The van der Waals surface area contributed by atoms with Crippen molar-refractivity contribution in [3.8, 4) is 0 Å². The first kappa shape index (κ1) is 15.8. The average molecular weight is 290 g/mol. The lowest BCUT2D eigenvalue weighted by Gasteiger charge is -2.53. The van der Waals surface area contributed by atoms with Gasteiger partial charge in [0.15, 0.2) is 0 Å². The standard InChI is InChI=1S/C17H26N2O2/c1-6-11-18-15(20)19(14-9-7-13(2)8-10-14)17(5,21)12-16(18,3)4/h7-10,21H,6,11-12H2,1-5H3/t17-/m0/s1. The summed E-state index contributed by atoms with van der Waals surface area (Å²) < 4.78 is 0. The van der Waals surface area contributed by atoms with Gasteiger partial charge in [0.1, 0.15) is 5.72 Å². The summed E-state index contributed by atoms with van der Waals surface area (Å²) in [7, 11) is 0. The summed E-state index contributed by atoms with van der Waals surface area (Å²) in [6.07, 6.45) is 1.42. The number of anilines is 1. The second-order valence-corrected chi connectivity index (χ2v) is 6.81. The fourth-order valence-electron chi connectivity index (χ4n) is 3.28. The Morgan fingerprint density at radius 3 is 2.29 bits per heavy atom. The average Bonchev–Trinajstić information content (AvgIpc) is 2.35. The molecule has 1 heterocycles. The van der Waals surface area contributed by atoms with Crippen molar-refractivity contribution in [2.75, 3.05) is 11.4 Å². The zero-order valence-corrected chi connectivity index (χ0v) is 13.7. The van der Waals surface area contributed by atoms with Gasteiger partial charge in [-0.3, -0.25) is 4.90 Å². The summed E-state index contributed by atoms with van der Waals surface area (Å²) >= 11 is 0. The van der Waals surface area contributed by atoms with Gasteiger partial charge in [-0.25, -0.2) is 4.79 Å². The maximum absolute atomic E-state index is 12.9. The van der Waals surface area contributed by atoms with Crippen molar-refractivity contribution in [3.05, 3.63) is 29.8 Å². The van der Waals surface area contributed by atoms with Crippen LogP contribution in [-0.2, 0) is 0 Å². The number of carbonyl (C=O) groups excluding carboxylic acids is 1. The quantitative estimate of drug-likeness (QED) is 0.925. The molecule has 1 N–H and O–H groups in total. The van der Waals surface area contributed by atoms with Crippen LogP contribution in [0.3, 0.4) is 0 Å². The number of aliphatic hydroxyl groups is 1. The van der Waals surface area contributed by atoms with Crippen LogP contribution in [0.5, 0.6) is 0 Å². The van der Waals surface area contributed by atoms with E-state index in [1.165, 1.54) is 4.90 Å². The monoisotopic (exact) mass is 290 g/mol. The predicted molar refractivity (Wildman–Crippen MR) is 85.4 cm³/mol. The molecule has 0 aliphatic carbocycles. The van der Waals surface area contributed by atoms with Crippen molar-refractivity contribution in [3.63, 3.8) is 0 Å². The van der Waals surface area contributed by atoms with E-state index in [0.717, 1.165) is 17.7 Å². The summed E-state index contributed by atoms with van der Waals surface area (Å²) in [5.74, 6) is 0. The Balaban J connectivity index is 2.43. The SMILES string of the molecule is CCCN1C(=O)N(c2ccc(C)cc2)[C@@](C)(O)CC1(C)C.